The van der Waals surface area contributed by atoms with Gasteiger partial charge in [-0.3, -0.25) is 5.43 Å². The van der Waals surface area contributed by atoms with Gasteiger partial charge >= 0.3 is 0 Å². The summed E-state index contributed by atoms with van der Waals surface area (Å²) in [5.74, 6) is 6.47. The first-order valence-electron chi connectivity index (χ1n) is 6.23. The number of anilines is 3. The Morgan fingerprint density at radius 2 is 1.89 bits per heavy atom. The molecule has 1 fully saturated rings. The van der Waals surface area contributed by atoms with E-state index in [0.717, 1.165) is 25.9 Å². The molecule has 1 aromatic heterocycles. The molecule has 9 heteroatoms. The van der Waals surface area contributed by atoms with Crippen molar-refractivity contribution in [2.24, 2.45) is 5.84 Å². The topological polar surface area (TPSA) is 132 Å². The van der Waals surface area contributed by atoms with Crippen LogP contribution in [0.3, 0.4) is 0 Å². The van der Waals surface area contributed by atoms with Crippen molar-refractivity contribution >= 4 is 17.8 Å². The normalized spacial score (nSPS) is 16.5. The third-order valence-corrected chi connectivity index (χ3v) is 2.85. The number of aliphatic hydroxyl groups excluding tert-OH is 2. The van der Waals surface area contributed by atoms with E-state index in [1.807, 2.05) is 0 Å². The van der Waals surface area contributed by atoms with Gasteiger partial charge in [0.15, 0.2) is 0 Å². The standard InChI is InChI=1S/C10H19N7O2/c11-16-9-13-8(12-5-7(19)6-18)14-10(15-9)17-3-1-2-4-17/h7,18-19H,1-6,11H2,(H2,12,13,14,15,16). The van der Waals surface area contributed by atoms with Crippen molar-refractivity contribution in [2.75, 3.05) is 41.9 Å². The van der Waals surface area contributed by atoms with Gasteiger partial charge < -0.3 is 20.4 Å². The van der Waals surface area contributed by atoms with Crippen LogP contribution in [0.2, 0.25) is 0 Å². The van der Waals surface area contributed by atoms with E-state index in [1.54, 1.807) is 0 Å². The first kappa shape index (κ1) is 13.7. The Balaban J connectivity index is 2.11. The molecule has 6 N–H and O–H groups in total. The van der Waals surface area contributed by atoms with Crippen molar-refractivity contribution in [3.63, 3.8) is 0 Å². The minimum Gasteiger partial charge on any atom is -0.394 e. The quantitative estimate of drug-likeness (QED) is 0.310. The molecule has 9 nitrogen and oxygen atoms in total. The predicted molar refractivity (Wildman–Crippen MR) is 70.7 cm³/mol. The lowest BCUT2D eigenvalue weighted by atomic mass is 10.4. The van der Waals surface area contributed by atoms with E-state index >= 15 is 0 Å². The molecule has 0 amide bonds. The fourth-order valence-electron chi connectivity index (χ4n) is 1.84. The Labute approximate surface area is 110 Å². The second kappa shape index (κ2) is 6.45. The maximum Gasteiger partial charge on any atom is 0.243 e. The van der Waals surface area contributed by atoms with E-state index in [1.165, 1.54) is 0 Å². The summed E-state index contributed by atoms with van der Waals surface area (Å²) in [5, 5.41) is 20.9. The zero-order chi connectivity index (χ0) is 13.7. The zero-order valence-electron chi connectivity index (χ0n) is 10.6. The van der Waals surface area contributed by atoms with Gasteiger partial charge in [0.25, 0.3) is 0 Å². The van der Waals surface area contributed by atoms with Crippen molar-refractivity contribution in [3.05, 3.63) is 0 Å². The number of hydrogen-bond acceptors (Lipinski definition) is 9. The van der Waals surface area contributed by atoms with E-state index in [2.05, 4.69) is 30.6 Å². The van der Waals surface area contributed by atoms with E-state index < -0.39 is 6.10 Å². The Kier molecular flexibility index (Phi) is 4.66. The van der Waals surface area contributed by atoms with Crippen molar-refractivity contribution in [3.8, 4) is 0 Å². The van der Waals surface area contributed by atoms with E-state index in [9.17, 15) is 5.11 Å². The van der Waals surface area contributed by atoms with Gasteiger partial charge in [0.2, 0.25) is 17.8 Å². The highest BCUT2D eigenvalue weighted by atomic mass is 16.3. The summed E-state index contributed by atoms with van der Waals surface area (Å²) < 4.78 is 0. The van der Waals surface area contributed by atoms with E-state index in [-0.39, 0.29) is 19.1 Å². The summed E-state index contributed by atoms with van der Waals surface area (Å²) in [7, 11) is 0. The minimum absolute atomic E-state index is 0.157. The number of hydrazine groups is 1. The van der Waals surface area contributed by atoms with Crippen LogP contribution in [0, 0.1) is 0 Å². The van der Waals surface area contributed by atoms with Crippen LogP contribution in [0.25, 0.3) is 0 Å². The van der Waals surface area contributed by atoms with E-state index in [0.29, 0.717) is 11.9 Å². The summed E-state index contributed by atoms with van der Waals surface area (Å²) in [5.41, 5.74) is 2.39. The van der Waals surface area contributed by atoms with Crippen LogP contribution >= 0.6 is 0 Å². The van der Waals surface area contributed by atoms with Crippen LogP contribution in [0.1, 0.15) is 12.8 Å². The molecule has 0 radical (unpaired) electrons. The SMILES string of the molecule is NNc1nc(NCC(O)CO)nc(N2CCCC2)n1. The fourth-order valence-corrected chi connectivity index (χ4v) is 1.84. The van der Waals surface area contributed by atoms with Crippen LogP contribution in [0.4, 0.5) is 17.8 Å². The molecular formula is C10H19N7O2. The lowest BCUT2D eigenvalue weighted by Gasteiger charge is -2.17. The van der Waals surface area contributed by atoms with Crippen LogP contribution in [-0.2, 0) is 0 Å². The van der Waals surface area contributed by atoms with Crippen molar-refractivity contribution < 1.29 is 10.2 Å². The Morgan fingerprint density at radius 3 is 2.53 bits per heavy atom. The van der Waals surface area contributed by atoms with Gasteiger partial charge in [-0.25, -0.2) is 5.84 Å². The number of hydrogen-bond donors (Lipinski definition) is 5. The first-order valence-corrected chi connectivity index (χ1v) is 6.23. The summed E-state index contributed by atoms with van der Waals surface area (Å²) in [6.07, 6.45) is 1.37. The number of nitrogen functional groups attached to an aromatic ring is 1. The van der Waals surface area contributed by atoms with Gasteiger partial charge in [-0.2, -0.15) is 15.0 Å². The van der Waals surface area contributed by atoms with Gasteiger partial charge in [0.1, 0.15) is 0 Å². The Morgan fingerprint density at radius 1 is 1.21 bits per heavy atom. The van der Waals surface area contributed by atoms with Gasteiger partial charge in [0.05, 0.1) is 12.7 Å². The third-order valence-electron chi connectivity index (χ3n) is 2.85. The second-order valence-electron chi connectivity index (χ2n) is 4.34. The highest BCUT2D eigenvalue weighted by Gasteiger charge is 2.17. The molecule has 2 heterocycles. The molecule has 2 rings (SSSR count). The molecule has 0 saturated carbocycles. The molecule has 1 aliphatic rings. The highest BCUT2D eigenvalue weighted by Crippen LogP contribution is 2.18. The molecule has 1 saturated heterocycles. The summed E-state index contributed by atoms with van der Waals surface area (Å²) in [4.78, 5) is 14.6. The third kappa shape index (κ3) is 3.63. The smallest absolute Gasteiger partial charge is 0.243 e. The van der Waals surface area contributed by atoms with Gasteiger partial charge in [-0.1, -0.05) is 0 Å². The average Bonchev–Trinajstić information content (AvgIpc) is 2.98. The minimum atomic E-state index is -0.860. The molecule has 1 aliphatic heterocycles. The maximum absolute atomic E-state index is 9.29. The van der Waals surface area contributed by atoms with Crippen LogP contribution in [-0.4, -0.2) is 57.5 Å². The molecule has 1 aromatic rings. The highest BCUT2D eigenvalue weighted by molar-refractivity contribution is 5.43. The first-order chi connectivity index (χ1) is 9.22. The van der Waals surface area contributed by atoms with Gasteiger partial charge in [0, 0.05) is 19.6 Å². The van der Waals surface area contributed by atoms with Crippen molar-refractivity contribution in [1.29, 1.82) is 0 Å². The molecule has 0 aromatic carbocycles. The Bertz CT molecular complexity index is 411. The fraction of sp³-hybridized carbons (Fsp3) is 0.700. The van der Waals surface area contributed by atoms with E-state index in [4.69, 9.17) is 10.9 Å². The lowest BCUT2D eigenvalue weighted by Crippen LogP contribution is -2.26. The molecule has 19 heavy (non-hydrogen) atoms. The molecular weight excluding hydrogens is 250 g/mol. The van der Waals surface area contributed by atoms with Crippen molar-refractivity contribution in [2.45, 2.75) is 18.9 Å². The lowest BCUT2D eigenvalue weighted by molar-refractivity contribution is 0.105. The van der Waals surface area contributed by atoms with Crippen molar-refractivity contribution in [1.82, 2.24) is 15.0 Å². The maximum atomic E-state index is 9.29. The number of aromatic nitrogens is 3. The molecule has 1 unspecified atom stereocenters. The largest absolute Gasteiger partial charge is 0.394 e. The summed E-state index contributed by atoms with van der Waals surface area (Å²) in [6.45, 7) is 1.66. The van der Waals surface area contributed by atoms with Gasteiger partial charge in [-0.15, -0.1) is 0 Å². The van der Waals surface area contributed by atoms with Crippen LogP contribution < -0.4 is 21.5 Å². The second-order valence-corrected chi connectivity index (χ2v) is 4.34. The summed E-state index contributed by atoms with van der Waals surface area (Å²) in [6, 6.07) is 0. The van der Waals surface area contributed by atoms with Gasteiger partial charge in [-0.05, 0) is 12.8 Å². The monoisotopic (exact) mass is 269 g/mol. The number of nitrogens with one attached hydrogen (secondary N) is 2. The molecule has 1 atom stereocenters. The average molecular weight is 269 g/mol. The number of nitrogens with two attached hydrogens (primary N) is 1. The molecule has 106 valence electrons. The molecule has 0 aliphatic carbocycles. The molecule has 0 bridgehead atoms. The predicted octanol–water partition coefficient (Wildman–Crippen LogP) is -1.48. The zero-order valence-corrected chi connectivity index (χ0v) is 10.6. The number of aliphatic hydroxyl groups is 2. The number of nitrogens with zero attached hydrogens (tertiary/aromatic N) is 4. The van der Waals surface area contributed by atoms with Crippen LogP contribution in [0.15, 0.2) is 0 Å². The molecule has 0 spiro atoms. The Hall–Kier alpha value is -1.71. The van der Waals surface area contributed by atoms with Crippen LogP contribution in [0.5, 0.6) is 0 Å². The number of rotatable bonds is 6. The summed E-state index contributed by atoms with van der Waals surface area (Å²) >= 11 is 0.